The maximum Gasteiger partial charge on any atom is 0.220 e. The summed E-state index contributed by atoms with van der Waals surface area (Å²) in [6.45, 7) is 2.16. The predicted molar refractivity (Wildman–Crippen MR) is 59.0 cm³/mol. The number of carbonyl (C=O) groups is 1. The van der Waals surface area contributed by atoms with Crippen LogP contribution in [0.3, 0.4) is 0 Å². The molecule has 1 unspecified atom stereocenters. The van der Waals surface area contributed by atoms with Crippen LogP contribution in [-0.2, 0) is 16.0 Å². The van der Waals surface area contributed by atoms with Crippen LogP contribution in [0, 0.1) is 5.92 Å². The van der Waals surface area contributed by atoms with Crippen molar-refractivity contribution in [3.63, 3.8) is 0 Å². The predicted octanol–water partition coefficient (Wildman–Crippen LogP) is 1.36. The molecule has 2 rings (SSSR count). The Hall–Kier alpha value is -1.29. The molecule has 0 saturated carbocycles. The fourth-order valence-electron chi connectivity index (χ4n) is 1.86. The van der Waals surface area contributed by atoms with E-state index in [-0.39, 0.29) is 5.91 Å². The first-order chi connectivity index (χ1) is 7.84. The number of amides is 1. The van der Waals surface area contributed by atoms with Crippen LogP contribution in [0.4, 0.5) is 0 Å². The minimum Gasteiger partial charge on any atom is -0.469 e. The van der Waals surface area contributed by atoms with Gasteiger partial charge in [-0.05, 0) is 24.5 Å². The van der Waals surface area contributed by atoms with Crippen molar-refractivity contribution in [2.24, 2.45) is 5.92 Å². The van der Waals surface area contributed by atoms with Gasteiger partial charge in [0.1, 0.15) is 5.76 Å². The second-order valence-corrected chi connectivity index (χ2v) is 4.11. The number of hydrogen-bond acceptors (Lipinski definition) is 3. The summed E-state index contributed by atoms with van der Waals surface area (Å²) in [4.78, 5) is 11.5. The Balaban J connectivity index is 1.60. The minimum absolute atomic E-state index is 0.113. The van der Waals surface area contributed by atoms with Crippen LogP contribution in [0.2, 0.25) is 0 Å². The molecule has 0 radical (unpaired) electrons. The van der Waals surface area contributed by atoms with Crippen LogP contribution in [0.1, 0.15) is 18.6 Å². The molecular weight excluding hydrogens is 206 g/mol. The van der Waals surface area contributed by atoms with Gasteiger partial charge in [-0.25, -0.2) is 0 Å². The normalized spacial score (nSPS) is 19.9. The van der Waals surface area contributed by atoms with Gasteiger partial charge in [-0.3, -0.25) is 4.79 Å². The van der Waals surface area contributed by atoms with Gasteiger partial charge in [0.25, 0.3) is 0 Å². The van der Waals surface area contributed by atoms with Crippen LogP contribution in [0.15, 0.2) is 22.8 Å². The lowest BCUT2D eigenvalue weighted by atomic mass is 10.1. The zero-order valence-electron chi connectivity index (χ0n) is 9.28. The summed E-state index contributed by atoms with van der Waals surface area (Å²) in [5.74, 6) is 1.43. The summed E-state index contributed by atoms with van der Waals surface area (Å²) in [6, 6.07) is 3.77. The van der Waals surface area contributed by atoms with E-state index >= 15 is 0 Å². The largest absolute Gasteiger partial charge is 0.469 e. The molecule has 1 aliphatic heterocycles. The number of nitrogens with one attached hydrogen (secondary N) is 1. The lowest BCUT2D eigenvalue weighted by Gasteiger charge is -2.07. The second-order valence-electron chi connectivity index (χ2n) is 4.11. The second kappa shape index (κ2) is 5.70. The van der Waals surface area contributed by atoms with E-state index in [9.17, 15) is 4.79 Å². The summed E-state index contributed by atoms with van der Waals surface area (Å²) in [5, 5.41) is 2.89. The van der Waals surface area contributed by atoms with Gasteiger partial charge in [0.15, 0.2) is 0 Å². The molecule has 1 aromatic rings. The van der Waals surface area contributed by atoms with E-state index in [2.05, 4.69) is 5.32 Å². The van der Waals surface area contributed by atoms with E-state index < -0.39 is 0 Å². The molecule has 0 bridgehead atoms. The Kier molecular flexibility index (Phi) is 3.99. The number of hydrogen-bond donors (Lipinski definition) is 1. The summed E-state index contributed by atoms with van der Waals surface area (Å²) >= 11 is 0. The van der Waals surface area contributed by atoms with E-state index in [1.807, 2.05) is 12.1 Å². The van der Waals surface area contributed by atoms with Crippen LogP contribution in [-0.4, -0.2) is 25.7 Å². The van der Waals surface area contributed by atoms with Crippen LogP contribution in [0.25, 0.3) is 0 Å². The van der Waals surface area contributed by atoms with Gasteiger partial charge in [0, 0.05) is 32.6 Å². The third-order valence-electron chi connectivity index (χ3n) is 2.77. The highest BCUT2D eigenvalue weighted by Gasteiger charge is 2.18. The molecule has 88 valence electrons. The van der Waals surface area contributed by atoms with E-state index in [1.165, 1.54) is 0 Å². The number of rotatable bonds is 5. The van der Waals surface area contributed by atoms with Gasteiger partial charge in [0.05, 0.1) is 6.26 Å². The molecule has 1 saturated heterocycles. The monoisotopic (exact) mass is 223 g/mol. The summed E-state index contributed by atoms with van der Waals surface area (Å²) in [6.07, 6.45) is 3.98. The zero-order valence-corrected chi connectivity index (χ0v) is 9.28. The SMILES string of the molecule is O=C(CC1CCOC1)NCCc1ccco1. The van der Waals surface area contributed by atoms with Gasteiger partial charge in [-0.1, -0.05) is 0 Å². The van der Waals surface area contributed by atoms with Gasteiger partial charge in [0.2, 0.25) is 5.91 Å². The molecule has 0 aliphatic carbocycles. The molecule has 2 heterocycles. The standard InChI is InChI=1S/C12H17NO3/c14-12(8-10-4-7-15-9-10)13-5-3-11-2-1-6-16-11/h1-2,6,10H,3-5,7-9H2,(H,13,14). The molecular formula is C12H17NO3. The molecule has 4 heteroatoms. The van der Waals surface area contributed by atoms with Crippen molar-refractivity contribution in [2.45, 2.75) is 19.3 Å². The Bertz CT molecular complexity index is 315. The van der Waals surface area contributed by atoms with Crippen molar-refractivity contribution in [1.82, 2.24) is 5.32 Å². The first kappa shape index (κ1) is 11.2. The maximum atomic E-state index is 11.5. The maximum absolute atomic E-state index is 11.5. The lowest BCUT2D eigenvalue weighted by molar-refractivity contribution is -0.122. The van der Waals surface area contributed by atoms with Crippen molar-refractivity contribution >= 4 is 5.91 Å². The van der Waals surface area contributed by atoms with E-state index in [0.29, 0.717) is 18.9 Å². The molecule has 1 atom stereocenters. The quantitative estimate of drug-likeness (QED) is 0.820. The van der Waals surface area contributed by atoms with Crippen LogP contribution >= 0.6 is 0 Å². The fourth-order valence-corrected chi connectivity index (χ4v) is 1.86. The molecule has 1 N–H and O–H groups in total. The molecule has 1 amide bonds. The molecule has 16 heavy (non-hydrogen) atoms. The molecule has 1 aliphatic rings. The first-order valence-electron chi connectivity index (χ1n) is 5.71. The van der Waals surface area contributed by atoms with Crippen molar-refractivity contribution < 1.29 is 13.9 Å². The highest BCUT2D eigenvalue weighted by Crippen LogP contribution is 2.15. The Morgan fingerprint density at radius 1 is 1.56 bits per heavy atom. The molecule has 4 nitrogen and oxygen atoms in total. The highest BCUT2D eigenvalue weighted by atomic mass is 16.5. The number of carbonyl (C=O) groups excluding carboxylic acids is 1. The van der Waals surface area contributed by atoms with E-state index in [4.69, 9.17) is 9.15 Å². The van der Waals surface area contributed by atoms with Gasteiger partial charge in [-0.2, -0.15) is 0 Å². The lowest BCUT2D eigenvalue weighted by Crippen LogP contribution is -2.27. The average molecular weight is 223 g/mol. The third kappa shape index (κ3) is 3.38. The van der Waals surface area contributed by atoms with Gasteiger partial charge in [-0.15, -0.1) is 0 Å². The average Bonchev–Trinajstić information content (AvgIpc) is 2.90. The van der Waals surface area contributed by atoms with Crippen molar-refractivity contribution in [1.29, 1.82) is 0 Å². The highest BCUT2D eigenvalue weighted by molar-refractivity contribution is 5.76. The van der Waals surface area contributed by atoms with Gasteiger partial charge < -0.3 is 14.5 Å². The molecule has 1 aromatic heterocycles. The topological polar surface area (TPSA) is 51.5 Å². The van der Waals surface area contributed by atoms with Crippen LogP contribution < -0.4 is 5.32 Å². The van der Waals surface area contributed by atoms with E-state index in [0.717, 1.165) is 31.8 Å². The third-order valence-corrected chi connectivity index (χ3v) is 2.77. The van der Waals surface area contributed by atoms with Crippen molar-refractivity contribution in [3.8, 4) is 0 Å². The first-order valence-corrected chi connectivity index (χ1v) is 5.71. The molecule has 0 spiro atoms. The molecule has 0 aromatic carbocycles. The number of furan rings is 1. The van der Waals surface area contributed by atoms with Gasteiger partial charge >= 0.3 is 0 Å². The Labute approximate surface area is 95.0 Å². The summed E-state index contributed by atoms with van der Waals surface area (Å²) < 4.78 is 10.4. The smallest absolute Gasteiger partial charge is 0.220 e. The van der Waals surface area contributed by atoms with Crippen molar-refractivity contribution in [3.05, 3.63) is 24.2 Å². The van der Waals surface area contributed by atoms with E-state index in [1.54, 1.807) is 6.26 Å². The fraction of sp³-hybridized carbons (Fsp3) is 0.583. The Morgan fingerprint density at radius 2 is 2.50 bits per heavy atom. The summed E-state index contributed by atoms with van der Waals surface area (Å²) in [5.41, 5.74) is 0. The zero-order chi connectivity index (χ0) is 11.2. The van der Waals surface area contributed by atoms with Crippen LogP contribution in [0.5, 0.6) is 0 Å². The Morgan fingerprint density at radius 3 is 3.19 bits per heavy atom. The van der Waals surface area contributed by atoms with Crippen molar-refractivity contribution in [2.75, 3.05) is 19.8 Å². The molecule has 1 fully saturated rings. The number of ether oxygens (including phenoxy) is 1. The minimum atomic E-state index is 0.113. The summed E-state index contributed by atoms with van der Waals surface area (Å²) in [7, 11) is 0.